The van der Waals surface area contributed by atoms with Gasteiger partial charge in [-0.05, 0) is 38.5 Å². The molecule has 0 aromatic rings. The van der Waals surface area contributed by atoms with Gasteiger partial charge in [-0.3, -0.25) is 0 Å². The first-order chi connectivity index (χ1) is 12.7. The molecule has 1 unspecified atom stereocenters. The van der Waals surface area contributed by atoms with Crippen LogP contribution in [0.15, 0.2) is 0 Å². The van der Waals surface area contributed by atoms with Crippen molar-refractivity contribution in [2.75, 3.05) is 26.7 Å². The molecular weight excluding hydrogens is 318 g/mol. The van der Waals surface area contributed by atoms with Crippen molar-refractivity contribution < 1.29 is 9.59 Å². The summed E-state index contributed by atoms with van der Waals surface area (Å²) in [6.45, 7) is 4.89. The van der Waals surface area contributed by atoms with Crippen LogP contribution in [0.1, 0.15) is 122 Å². The van der Waals surface area contributed by atoms with Gasteiger partial charge in [0.15, 0.2) is 0 Å². The summed E-state index contributed by atoms with van der Waals surface area (Å²) in [6, 6.07) is 0.813. The van der Waals surface area contributed by atoms with E-state index in [9.17, 15) is 5.11 Å². The van der Waals surface area contributed by atoms with E-state index in [0.29, 0.717) is 6.61 Å². The first kappa shape index (κ1) is 24.0. The second-order valence-corrected chi connectivity index (χ2v) is 9.18. The van der Waals surface area contributed by atoms with Gasteiger partial charge in [-0.15, -0.1) is 0 Å². The van der Waals surface area contributed by atoms with Crippen LogP contribution < -0.4 is 0 Å². The number of likely N-dealkylation sites (N-methyl/N-ethyl adjacent to an activating group) is 1. The van der Waals surface area contributed by atoms with E-state index in [2.05, 4.69) is 14.0 Å². The van der Waals surface area contributed by atoms with Gasteiger partial charge < -0.3 is 9.59 Å². The fourth-order valence-corrected chi connectivity index (χ4v) is 4.90. The molecule has 1 fully saturated rings. The smallest absolute Gasteiger partial charge is 0.102 e. The Morgan fingerprint density at radius 2 is 1.12 bits per heavy atom. The molecule has 1 saturated carbocycles. The van der Waals surface area contributed by atoms with E-state index in [1.54, 1.807) is 0 Å². The highest BCUT2D eigenvalue weighted by Gasteiger charge is 2.32. The minimum atomic E-state index is 0.353. The Kier molecular flexibility index (Phi) is 14.7. The summed E-state index contributed by atoms with van der Waals surface area (Å²) in [6.07, 6.45) is 25.6. The molecule has 2 heteroatoms. The molecule has 0 spiro atoms. The third-order valence-electron chi connectivity index (χ3n) is 6.84. The van der Waals surface area contributed by atoms with Gasteiger partial charge in [-0.2, -0.15) is 0 Å². The molecule has 1 rings (SSSR count). The molecule has 1 aliphatic carbocycles. The van der Waals surface area contributed by atoms with Crippen LogP contribution in [0.4, 0.5) is 0 Å². The molecule has 0 aromatic carbocycles. The van der Waals surface area contributed by atoms with Crippen LogP contribution in [0.25, 0.3) is 0 Å². The van der Waals surface area contributed by atoms with Crippen molar-refractivity contribution >= 4 is 0 Å². The third kappa shape index (κ3) is 10.9. The van der Waals surface area contributed by atoms with Crippen LogP contribution in [0.5, 0.6) is 0 Å². The minimum Gasteiger partial charge on any atom is -0.391 e. The molecular formula is C24H50NO+. The zero-order valence-electron chi connectivity index (χ0n) is 18.3. The summed E-state index contributed by atoms with van der Waals surface area (Å²) in [5.41, 5.74) is 0. The highest BCUT2D eigenvalue weighted by Crippen LogP contribution is 2.27. The van der Waals surface area contributed by atoms with Crippen LogP contribution in [0, 0.1) is 0 Å². The quantitative estimate of drug-likeness (QED) is 0.220. The maximum Gasteiger partial charge on any atom is 0.102 e. The molecule has 1 atom stereocenters. The minimum absolute atomic E-state index is 0.353. The standard InChI is InChI=1S/C24H50NO/c1-3-4-5-6-7-8-9-10-11-12-13-14-18-21-25(2,22-23-26)24-19-16-15-17-20-24/h24,26H,3-23H2,1-2H3/q+1. The predicted molar refractivity (Wildman–Crippen MR) is 116 cm³/mol. The van der Waals surface area contributed by atoms with Gasteiger partial charge in [0.1, 0.15) is 6.54 Å². The molecule has 0 radical (unpaired) electrons. The second-order valence-electron chi connectivity index (χ2n) is 9.18. The van der Waals surface area contributed by atoms with Crippen LogP contribution in [0.3, 0.4) is 0 Å². The molecule has 0 heterocycles. The summed E-state index contributed by atoms with van der Waals surface area (Å²) in [7, 11) is 2.41. The van der Waals surface area contributed by atoms with Crippen molar-refractivity contribution in [3.8, 4) is 0 Å². The van der Waals surface area contributed by atoms with E-state index < -0.39 is 0 Å². The van der Waals surface area contributed by atoms with Crippen LogP contribution in [0.2, 0.25) is 0 Å². The number of hydrogen-bond acceptors (Lipinski definition) is 1. The van der Waals surface area contributed by atoms with Gasteiger partial charge in [0.05, 0.1) is 26.2 Å². The highest BCUT2D eigenvalue weighted by molar-refractivity contribution is 4.67. The van der Waals surface area contributed by atoms with E-state index >= 15 is 0 Å². The van der Waals surface area contributed by atoms with Crippen molar-refractivity contribution in [3.05, 3.63) is 0 Å². The molecule has 0 aromatic heterocycles. The van der Waals surface area contributed by atoms with Gasteiger partial charge in [-0.1, -0.05) is 84.0 Å². The van der Waals surface area contributed by atoms with Crippen molar-refractivity contribution in [2.45, 2.75) is 129 Å². The second kappa shape index (κ2) is 15.9. The average Bonchev–Trinajstić information content (AvgIpc) is 2.66. The molecule has 2 nitrogen and oxygen atoms in total. The fraction of sp³-hybridized carbons (Fsp3) is 1.00. The molecule has 0 amide bonds. The molecule has 1 aliphatic rings. The number of rotatable bonds is 17. The normalized spacial score (nSPS) is 18.1. The monoisotopic (exact) mass is 368 g/mol. The number of hydrogen-bond donors (Lipinski definition) is 1. The number of aliphatic hydroxyl groups excluding tert-OH is 1. The van der Waals surface area contributed by atoms with Crippen molar-refractivity contribution in [2.24, 2.45) is 0 Å². The average molecular weight is 369 g/mol. The van der Waals surface area contributed by atoms with Crippen LogP contribution in [-0.4, -0.2) is 42.4 Å². The molecule has 1 N–H and O–H groups in total. The number of quaternary nitrogens is 1. The van der Waals surface area contributed by atoms with Crippen molar-refractivity contribution in [1.82, 2.24) is 0 Å². The molecule has 0 saturated heterocycles. The van der Waals surface area contributed by atoms with E-state index in [4.69, 9.17) is 0 Å². The lowest BCUT2D eigenvalue weighted by atomic mass is 9.92. The number of unbranched alkanes of at least 4 members (excludes halogenated alkanes) is 12. The first-order valence-electron chi connectivity index (χ1n) is 12.2. The Labute approximate surface area is 165 Å². The van der Waals surface area contributed by atoms with Gasteiger partial charge in [0.25, 0.3) is 0 Å². The summed E-state index contributed by atoms with van der Waals surface area (Å²) in [5, 5.41) is 9.52. The largest absolute Gasteiger partial charge is 0.391 e. The lowest BCUT2D eigenvalue weighted by Crippen LogP contribution is -2.55. The van der Waals surface area contributed by atoms with Crippen molar-refractivity contribution in [3.63, 3.8) is 0 Å². The van der Waals surface area contributed by atoms with Gasteiger partial charge in [0.2, 0.25) is 0 Å². The van der Waals surface area contributed by atoms with Gasteiger partial charge >= 0.3 is 0 Å². The summed E-state index contributed by atoms with van der Waals surface area (Å²) in [5.74, 6) is 0. The van der Waals surface area contributed by atoms with E-state index in [0.717, 1.165) is 17.1 Å². The van der Waals surface area contributed by atoms with E-state index in [1.807, 2.05) is 0 Å². The summed E-state index contributed by atoms with van der Waals surface area (Å²) >= 11 is 0. The Hall–Kier alpha value is -0.0800. The maximum absolute atomic E-state index is 9.52. The fourth-order valence-electron chi connectivity index (χ4n) is 4.90. The third-order valence-corrected chi connectivity index (χ3v) is 6.84. The Morgan fingerprint density at radius 3 is 1.58 bits per heavy atom. The molecule has 0 bridgehead atoms. The Morgan fingerprint density at radius 1 is 0.654 bits per heavy atom. The number of aliphatic hydroxyl groups is 1. The lowest BCUT2D eigenvalue weighted by molar-refractivity contribution is -0.935. The van der Waals surface area contributed by atoms with Crippen LogP contribution in [-0.2, 0) is 0 Å². The molecule has 0 aliphatic heterocycles. The predicted octanol–water partition coefficient (Wildman–Crippen LogP) is 6.85. The maximum atomic E-state index is 9.52. The zero-order valence-corrected chi connectivity index (χ0v) is 18.3. The number of nitrogens with zero attached hydrogens (tertiary/aromatic N) is 1. The lowest BCUT2D eigenvalue weighted by Gasteiger charge is -2.43. The molecule has 26 heavy (non-hydrogen) atoms. The Balaban J connectivity index is 1.97. The topological polar surface area (TPSA) is 20.2 Å². The highest BCUT2D eigenvalue weighted by atomic mass is 16.3. The van der Waals surface area contributed by atoms with E-state index in [1.165, 1.54) is 122 Å². The zero-order chi connectivity index (χ0) is 18.9. The summed E-state index contributed by atoms with van der Waals surface area (Å²) in [4.78, 5) is 0. The first-order valence-corrected chi connectivity index (χ1v) is 12.2. The SMILES string of the molecule is CCCCCCCCCCCCCCC[N+](C)(CCO)C1CCCCC1. The molecule has 156 valence electrons. The van der Waals surface area contributed by atoms with Gasteiger partial charge in [-0.25, -0.2) is 0 Å². The van der Waals surface area contributed by atoms with E-state index in [-0.39, 0.29) is 0 Å². The Bertz CT molecular complexity index is 301. The van der Waals surface area contributed by atoms with Crippen LogP contribution >= 0.6 is 0 Å². The van der Waals surface area contributed by atoms with Gasteiger partial charge in [0, 0.05) is 0 Å². The van der Waals surface area contributed by atoms with Crippen molar-refractivity contribution in [1.29, 1.82) is 0 Å². The summed E-state index contributed by atoms with van der Waals surface area (Å²) < 4.78 is 1.13.